The first-order chi connectivity index (χ1) is 13.5. The van der Waals surface area contributed by atoms with E-state index in [2.05, 4.69) is 22.0 Å². The van der Waals surface area contributed by atoms with Gasteiger partial charge in [0.1, 0.15) is 0 Å². The summed E-state index contributed by atoms with van der Waals surface area (Å²) in [7, 11) is 3.76. The third-order valence-corrected chi connectivity index (χ3v) is 6.84. The van der Waals surface area contributed by atoms with Crippen LogP contribution in [-0.4, -0.2) is 86.5 Å². The first-order valence-electron chi connectivity index (χ1n) is 11.5. The molecule has 1 atom stereocenters. The predicted octanol–water partition coefficient (Wildman–Crippen LogP) is 3.03. The lowest BCUT2D eigenvalue weighted by atomic mass is 9.85. The first-order valence-corrected chi connectivity index (χ1v) is 11.5. The van der Waals surface area contributed by atoms with Crippen LogP contribution in [0.2, 0.25) is 0 Å². The predicted molar refractivity (Wildman–Crippen MR) is 131 cm³/mol. The van der Waals surface area contributed by atoms with Gasteiger partial charge in [-0.1, -0.05) is 19.3 Å². The number of halogens is 1. The first kappa shape index (κ1) is 24.7. The lowest BCUT2D eigenvalue weighted by Crippen LogP contribution is -2.44. The fraction of sp³-hybridized carbons (Fsp3) is 0.909. The molecule has 3 fully saturated rings. The maximum Gasteiger partial charge on any atom is 0.230 e. The zero-order valence-corrected chi connectivity index (χ0v) is 21.1. The van der Waals surface area contributed by atoms with Crippen molar-refractivity contribution in [1.29, 1.82) is 0 Å². The number of guanidine groups is 1. The molecule has 1 amide bonds. The number of hydrogen-bond acceptors (Lipinski definition) is 3. The molecule has 6 nitrogen and oxygen atoms in total. The summed E-state index contributed by atoms with van der Waals surface area (Å²) >= 11 is 0. The van der Waals surface area contributed by atoms with E-state index in [0.29, 0.717) is 6.54 Å². The van der Waals surface area contributed by atoms with E-state index in [1.54, 1.807) is 4.90 Å². The van der Waals surface area contributed by atoms with Crippen molar-refractivity contribution >= 4 is 35.8 Å². The van der Waals surface area contributed by atoms with E-state index in [0.717, 1.165) is 57.2 Å². The number of nitrogens with zero attached hydrogens (tertiary/aromatic N) is 4. The van der Waals surface area contributed by atoms with Crippen LogP contribution in [0.25, 0.3) is 0 Å². The van der Waals surface area contributed by atoms with Crippen LogP contribution in [0.3, 0.4) is 0 Å². The summed E-state index contributed by atoms with van der Waals surface area (Å²) in [5, 5.41) is 3.50. The van der Waals surface area contributed by atoms with Crippen LogP contribution in [-0.2, 0) is 4.79 Å². The average Bonchev–Trinajstić information content (AvgIpc) is 3.36. The fourth-order valence-corrected chi connectivity index (χ4v) is 5.30. The van der Waals surface area contributed by atoms with Gasteiger partial charge in [-0.15, -0.1) is 24.0 Å². The van der Waals surface area contributed by atoms with Gasteiger partial charge in [-0.05, 0) is 58.0 Å². The quantitative estimate of drug-likeness (QED) is 0.333. The normalized spacial score (nSPS) is 25.0. The molecule has 3 aliphatic rings. The molecule has 1 N–H and O–H groups in total. The molecule has 1 unspecified atom stereocenters. The highest BCUT2D eigenvalue weighted by Gasteiger charge is 2.42. The van der Waals surface area contributed by atoms with Gasteiger partial charge < -0.3 is 20.0 Å². The van der Waals surface area contributed by atoms with Gasteiger partial charge in [0.05, 0.1) is 12.0 Å². The summed E-state index contributed by atoms with van der Waals surface area (Å²) in [6.45, 7) is 9.60. The Labute approximate surface area is 194 Å². The molecule has 2 heterocycles. The number of piperidine rings is 1. The molecule has 0 aromatic rings. The minimum atomic E-state index is -0.281. The molecule has 0 spiro atoms. The Morgan fingerprint density at radius 2 is 1.79 bits per heavy atom. The lowest BCUT2D eigenvalue weighted by Gasteiger charge is -2.31. The summed E-state index contributed by atoms with van der Waals surface area (Å²) in [6, 6.07) is 0. The highest BCUT2D eigenvalue weighted by Crippen LogP contribution is 2.40. The molecule has 3 rings (SSSR count). The Morgan fingerprint density at radius 3 is 2.41 bits per heavy atom. The van der Waals surface area contributed by atoms with Crippen LogP contribution in [0.4, 0.5) is 0 Å². The van der Waals surface area contributed by atoms with Gasteiger partial charge in [-0.3, -0.25) is 9.79 Å². The van der Waals surface area contributed by atoms with Gasteiger partial charge in [-0.2, -0.15) is 0 Å². The van der Waals surface area contributed by atoms with Crippen LogP contribution in [0.5, 0.6) is 0 Å². The van der Waals surface area contributed by atoms with Gasteiger partial charge in [0, 0.05) is 40.3 Å². The smallest absolute Gasteiger partial charge is 0.230 e. The largest absolute Gasteiger partial charge is 0.357 e. The molecule has 2 saturated heterocycles. The summed E-state index contributed by atoms with van der Waals surface area (Å²) in [6.07, 6.45) is 9.63. The van der Waals surface area contributed by atoms with Gasteiger partial charge in [0.15, 0.2) is 5.96 Å². The van der Waals surface area contributed by atoms with Crippen molar-refractivity contribution in [2.24, 2.45) is 16.3 Å². The van der Waals surface area contributed by atoms with E-state index < -0.39 is 0 Å². The summed E-state index contributed by atoms with van der Waals surface area (Å²) in [5.41, 5.74) is -0.281. The molecular formula is C22H42IN5O. The van der Waals surface area contributed by atoms with E-state index in [9.17, 15) is 4.79 Å². The third kappa shape index (κ3) is 6.45. The van der Waals surface area contributed by atoms with Crippen molar-refractivity contribution < 1.29 is 4.79 Å². The lowest BCUT2D eigenvalue weighted by molar-refractivity contribution is -0.138. The molecule has 0 aromatic carbocycles. The summed E-state index contributed by atoms with van der Waals surface area (Å²) in [5.74, 6) is 2.02. The van der Waals surface area contributed by atoms with E-state index >= 15 is 0 Å². The summed E-state index contributed by atoms with van der Waals surface area (Å²) < 4.78 is 0. The van der Waals surface area contributed by atoms with Crippen LogP contribution in [0.1, 0.15) is 58.3 Å². The average molecular weight is 520 g/mol. The summed E-state index contributed by atoms with van der Waals surface area (Å²) in [4.78, 5) is 24.7. The minimum Gasteiger partial charge on any atom is -0.357 e. The number of likely N-dealkylation sites (tertiary alicyclic amines) is 2. The number of carbonyl (C=O) groups excluding carboxylic acids is 1. The topological polar surface area (TPSA) is 51.2 Å². The maximum absolute atomic E-state index is 12.8. The molecule has 0 aromatic heterocycles. The van der Waals surface area contributed by atoms with Crippen molar-refractivity contribution in [3.05, 3.63) is 0 Å². The zero-order chi connectivity index (χ0) is 20.0. The molecule has 1 saturated carbocycles. The van der Waals surface area contributed by atoms with E-state index in [-0.39, 0.29) is 35.3 Å². The van der Waals surface area contributed by atoms with Crippen LogP contribution in [0.15, 0.2) is 4.99 Å². The van der Waals surface area contributed by atoms with Gasteiger partial charge in [-0.25, -0.2) is 0 Å². The maximum atomic E-state index is 12.8. The number of hydrogen-bond donors (Lipinski definition) is 1. The molecule has 7 heteroatoms. The molecule has 1 aliphatic carbocycles. The molecular weight excluding hydrogens is 477 g/mol. The Hall–Kier alpha value is -0.570. The molecule has 0 radical (unpaired) electrons. The number of amides is 1. The Morgan fingerprint density at radius 1 is 1.10 bits per heavy atom. The van der Waals surface area contributed by atoms with E-state index in [4.69, 9.17) is 4.99 Å². The third-order valence-electron chi connectivity index (χ3n) is 6.84. The monoisotopic (exact) mass is 519 g/mol. The number of carbonyl (C=O) groups is 1. The molecule has 168 valence electrons. The van der Waals surface area contributed by atoms with Crippen molar-refractivity contribution in [1.82, 2.24) is 20.0 Å². The molecule has 0 bridgehead atoms. The second-order valence-electron chi connectivity index (χ2n) is 9.32. The van der Waals surface area contributed by atoms with Gasteiger partial charge in [0.25, 0.3) is 0 Å². The van der Waals surface area contributed by atoms with Crippen molar-refractivity contribution in [3.63, 3.8) is 0 Å². The zero-order valence-electron chi connectivity index (χ0n) is 18.8. The molecule has 29 heavy (non-hydrogen) atoms. The highest BCUT2D eigenvalue weighted by atomic mass is 127. The Balaban J connectivity index is 0.00000300. The van der Waals surface area contributed by atoms with Gasteiger partial charge in [0.2, 0.25) is 5.91 Å². The minimum absolute atomic E-state index is 0. The van der Waals surface area contributed by atoms with Crippen LogP contribution >= 0.6 is 24.0 Å². The SMILES string of the molecule is CCNC(=NCC1(C(=O)N(C)C)CCCC1)N1CCC(CN2CCCCC2)C1.I. The Bertz CT molecular complexity index is 541. The van der Waals surface area contributed by atoms with E-state index in [1.807, 2.05) is 14.1 Å². The molecule has 2 aliphatic heterocycles. The highest BCUT2D eigenvalue weighted by molar-refractivity contribution is 14.0. The van der Waals surface area contributed by atoms with Crippen molar-refractivity contribution in [2.75, 3.05) is 59.9 Å². The van der Waals surface area contributed by atoms with Crippen molar-refractivity contribution in [2.45, 2.75) is 58.3 Å². The van der Waals surface area contributed by atoms with Crippen LogP contribution < -0.4 is 5.32 Å². The second-order valence-corrected chi connectivity index (χ2v) is 9.32. The second kappa shape index (κ2) is 11.7. The van der Waals surface area contributed by atoms with Crippen LogP contribution in [0, 0.1) is 11.3 Å². The number of aliphatic imine (C=N–C) groups is 1. The fourth-order valence-electron chi connectivity index (χ4n) is 5.30. The van der Waals surface area contributed by atoms with Crippen molar-refractivity contribution in [3.8, 4) is 0 Å². The number of rotatable bonds is 6. The number of nitrogens with one attached hydrogen (secondary N) is 1. The standard InChI is InChI=1S/C22H41N5O.HI/c1-4-23-21(24-18-22(11-6-7-12-22)20(28)25(2)3)27-15-10-19(17-27)16-26-13-8-5-9-14-26;/h19H,4-18H2,1-3H3,(H,23,24);1H. The van der Waals surface area contributed by atoms with Gasteiger partial charge >= 0.3 is 0 Å². The van der Waals surface area contributed by atoms with E-state index in [1.165, 1.54) is 45.3 Å². The Kier molecular flexibility index (Phi) is 9.98.